The monoisotopic (exact) mass is 316 g/mol. The van der Waals surface area contributed by atoms with Crippen molar-refractivity contribution < 1.29 is 14.4 Å². The average Bonchev–Trinajstić information content (AvgIpc) is 2.77. The van der Waals surface area contributed by atoms with Crippen LogP contribution in [0.2, 0.25) is 0 Å². The van der Waals surface area contributed by atoms with Crippen LogP contribution in [0.1, 0.15) is 23.2 Å². The molecule has 3 heterocycles. The second-order valence-corrected chi connectivity index (χ2v) is 6.16. The van der Waals surface area contributed by atoms with E-state index in [2.05, 4.69) is 10.6 Å². The Bertz CT molecular complexity index is 629. The second kappa shape index (κ2) is 6.37. The van der Waals surface area contributed by atoms with Gasteiger partial charge < -0.3 is 16.4 Å². The molecule has 0 radical (unpaired) electrons. The van der Waals surface area contributed by atoms with Gasteiger partial charge in [0.1, 0.15) is 0 Å². The maximum atomic E-state index is 12.2. The minimum atomic E-state index is -0.500. The molecule has 3 amide bonds. The van der Waals surface area contributed by atoms with Gasteiger partial charge in [-0.15, -0.1) is 0 Å². The Labute approximate surface area is 134 Å². The van der Waals surface area contributed by atoms with Crippen LogP contribution in [-0.4, -0.2) is 48.3 Å². The van der Waals surface area contributed by atoms with Gasteiger partial charge in [0.05, 0.1) is 12.5 Å². The molecular weight excluding hydrogens is 296 g/mol. The Hall–Kier alpha value is -2.41. The van der Waals surface area contributed by atoms with Crippen molar-refractivity contribution in [2.45, 2.75) is 18.9 Å². The number of piperidine rings is 1. The number of fused-ring (bicyclic) bond motifs is 4. The first-order chi connectivity index (χ1) is 11.0. The molecule has 122 valence electrons. The highest BCUT2D eigenvalue weighted by molar-refractivity contribution is 5.95. The maximum absolute atomic E-state index is 12.2. The summed E-state index contributed by atoms with van der Waals surface area (Å²) in [6.07, 6.45) is 1.87. The van der Waals surface area contributed by atoms with Crippen LogP contribution in [0.4, 0.5) is 5.69 Å². The Morgan fingerprint density at radius 1 is 1.22 bits per heavy atom. The SMILES string of the molecule is NC(=O)c1ccc(NC(=O)CN2C[C@H]3CC[C@@H](C2)C(=O)N3)cc1. The molecule has 3 aliphatic rings. The van der Waals surface area contributed by atoms with Crippen molar-refractivity contribution in [3.63, 3.8) is 0 Å². The molecule has 3 saturated heterocycles. The number of nitrogens with one attached hydrogen (secondary N) is 2. The lowest BCUT2D eigenvalue weighted by Crippen LogP contribution is -2.43. The van der Waals surface area contributed by atoms with Gasteiger partial charge in [-0.1, -0.05) is 0 Å². The van der Waals surface area contributed by atoms with Gasteiger partial charge in [-0.2, -0.15) is 0 Å². The summed E-state index contributed by atoms with van der Waals surface area (Å²) in [7, 11) is 0. The zero-order valence-electron chi connectivity index (χ0n) is 12.7. The molecule has 0 aromatic heterocycles. The number of benzene rings is 1. The van der Waals surface area contributed by atoms with Crippen molar-refractivity contribution in [3.8, 4) is 0 Å². The molecule has 0 spiro atoms. The third-order valence-corrected chi connectivity index (χ3v) is 4.36. The molecule has 7 heteroatoms. The summed E-state index contributed by atoms with van der Waals surface area (Å²) in [6.45, 7) is 1.58. The highest BCUT2D eigenvalue weighted by Crippen LogP contribution is 2.22. The van der Waals surface area contributed by atoms with Gasteiger partial charge in [-0.25, -0.2) is 0 Å². The van der Waals surface area contributed by atoms with Gasteiger partial charge in [-0.3, -0.25) is 19.3 Å². The molecule has 2 atom stereocenters. The molecule has 7 nitrogen and oxygen atoms in total. The van der Waals surface area contributed by atoms with E-state index in [4.69, 9.17) is 5.73 Å². The molecule has 0 unspecified atom stereocenters. The zero-order valence-corrected chi connectivity index (χ0v) is 12.7. The first kappa shape index (κ1) is 15.5. The molecular formula is C16H20N4O3. The number of rotatable bonds is 4. The lowest BCUT2D eigenvalue weighted by atomic mass is 9.96. The lowest BCUT2D eigenvalue weighted by Gasteiger charge is -2.23. The number of carbonyl (C=O) groups excluding carboxylic acids is 3. The number of nitrogens with zero attached hydrogens (tertiary/aromatic N) is 1. The van der Waals surface area contributed by atoms with Crippen molar-refractivity contribution in [3.05, 3.63) is 29.8 Å². The summed E-state index contributed by atoms with van der Waals surface area (Å²) in [4.78, 5) is 37.0. The predicted octanol–water partition coefficient (Wildman–Crippen LogP) is -0.0656. The van der Waals surface area contributed by atoms with E-state index in [-0.39, 0.29) is 30.3 Å². The maximum Gasteiger partial charge on any atom is 0.248 e. The van der Waals surface area contributed by atoms with Gasteiger partial charge in [0.25, 0.3) is 0 Å². The van der Waals surface area contributed by atoms with Gasteiger partial charge in [0.2, 0.25) is 17.7 Å². The van der Waals surface area contributed by atoms with Crippen LogP contribution in [0.15, 0.2) is 24.3 Å². The molecule has 3 fully saturated rings. The molecule has 1 aromatic carbocycles. The molecule has 23 heavy (non-hydrogen) atoms. The van der Waals surface area contributed by atoms with Crippen molar-refractivity contribution >= 4 is 23.4 Å². The van der Waals surface area contributed by atoms with E-state index in [0.29, 0.717) is 24.3 Å². The first-order valence-corrected chi connectivity index (χ1v) is 7.73. The van der Waals surface area contributed by atoms with Crippen LogP contribution in [-0.2, 0) is 9.59 Å². The summed E-state index contributed by atoms with van der Waals surface area (Å²) in [5.41, 5.74) is 6.20. The second-order valence-electron chi connectivity index (χ2n) is 6.16. The summed E-state index contributed by atoms with van der Waals surface area (Å²) in [5, 5.41) is 5.79. The van der Waals surface area contributed by atoms with E-state index < -0.39 is 5.91 Å². The number of hydrogen-bond acceptors (Lipinski definition) is 4. The van der Waals surface area contributed by atoms with E-state index in [1.165, 1.54) is 0 Å². The molecule has 3 aliphatic heterocycles. The van der Waals surface area contributed by atoms with Crippen molar-refractivity contribution in [2.24, 2.45) is 11.7 Å². The quantitative estimate of drug-likeness (QED) is 0.723. The number of amides is 3. The molecule has 1 aromatic rings. The molecule has 0 aliphatic carbocycles. The lowest BCUT2D eigenvalue weighted by molar-refractivity contribution is -0.127. The minimum Gasteiger partial charge on any atom is -0.366 e. The highest BCUT2D eigenvalue weighted by Gasteiger charge is 2.35. The van der Waals surface area contributed by atoms with Gasteiger partial charge in [-0.05, 0) is 37.1 Å². The Morgan fingerprint density at radius 2 is 1.96 bits per heavy atom. The van der Waals surface area contributed by atoms with E-state index in [1.54, 1.807) is 24.3 Å². The highest BCUT2D eigenvalue weighted by atomic mass is 16.2. The van der Waals surface area contributed by atoms with Crippen LogP contribution < -0.4 is 16.4 Å². The third-order valence-electron chi connectivity index (χ3n) is 4.36. The van der Waals surface area contributed by atoms with Crippen molar-refractivity contribution in [2.75, 3.05) is 25.0 Å². The Kier molecular flexibility index (Phi) is 4.29. The molecule has 4 N–H and O–H groups in total. The average molecular weight is 316 g/mol. The summed E-state index contributed by atoms with van der Waals surface area (Å²) in [5.74, 6) is -0.548. The standard InChI is InChI=1S/C16H20N4O3/c17-15(22)10-1-4-12(5-2-10)18-14(21)9-20-7-11-3-6-13(8-20)19-16(11)23/h1-2,4-5,11,13H,3,6-9H2,(H2,17,22)(H,18,21)(H,19,23)/t11-,13+/m0/s1. The Balaban J connectivity index is 1.57. The van der Waals surface area contributed by atoms with E-state index in [0.717, 1.165) is 12.8 Å². The van der Waals surface area contributed by atoms with Crippen LogP contribution >= 0.6 is 0 Å². The van der Waals surface area contributed by atoms with Crippen LogP contribution in [0.5, 0.6) is 0 Å². The number of primary amides is 1. The molecule has 0 saturated carbocycles. The summed E-state index contributed by atoms with van der Waals surface area (Å²) in [6, 6.07) is 6.59. The van der Waals surface area contributed by atoms with Crippen LogP contribution in [0.3, 0.4) is 0 Å². The Morgan fingerprint density at radius 3 is 2.61 bits per heavy atom. The number of nitrogens with two attached hydrogens (primary N) is 1. The summed E-state index contributed by atoms with van der Waals surface area (Å²) < 4.78 is 0. The number of hydrogen-bond donors (Lipinski definition) is 3. The topological polar surface area (TPSA) is 105 Å². The first-order valence-electron chi connectivity index (χ1n) is 7.73. The minimum absolute atomic E-state index is 0.0172. The van der Waals surface area contributed by atoms with Gasteiger partial charge in [0, 0.05) is 30.4 Å². The zero-order chi connectivity index (χ0) is 16.4. The van der Waals surface area contributed by atoms with Crippen molar-refractivity contribution in [1.29, 1.82) is 0 Å². The third kappa shape index (κ3) is 3.68. The van der Waals surface area contributed by atoms with E-state index >= 15 is 0 Å². The fourth-order valence-corrected chi connectivity index (χ4v) is 3.18. The fourth-order valence-electron chi connectivity index (χ4n) is 3.18. The largest absolute Gasteiger partial charge is 0.366 e. The van der Waals surface area contributed by atoms with E-state index in [9.17, 15) is 14.4 Å². The fraction of sp³-hybridized carbons (Fsp3) is 0.438. The van der Waals surface area contributed by atoms with Crippen LogP contribution in [0, 0.1) is 5.92 Å². The summed E-state index contributed by atoms with van der Waals surface area (Å²) >= 11 is 0. The smallest absolute Gasteiger partial charge is 0.248 e. The molecule has 2 bridgehead atoms. The number of carbonyl (C=O) groups is 3. The normalized spacial score (nSPS) is 23.9. The van der Waals surface area contributed by atoms with Gasteiger partial charge >= 0.3 is 0 Å². The predicted molar refractivity (Wildman–Crippen MR) is 84.7 cm³/mol. The van der Waals surface area contributed by atoms with Gasteiger partial charge in [0.15, 0.2) is 0 Å². The van der Waals surface area contributed by atoms with Crippen molar-refractivity contribution in [1.82, 2.24) is 10.2 Å². The number of anilines is 1. The molecule has 4 rings (SSSR count). The van der Waals surface area contributed by atoms with Crippen LogP contribution in [0.25, 0.3) is 0 Å². The van der Waals surface area contributed by atoms with E-state index in [1.807, 2.05) is 4.90 Å².